The van der Waals surface area contributed by atoms with E-state index in [1.807, 2.05) is 61.5 Å². The summed E-state index contributed by atoms with van der Waals surface area (Å²) in [6.07, 6.45) is 4.57. The van der Waals surface area contributed by atoms with Crippen LogP contribution in [0.3, 0.4) is 0 Å². The van der Waals surface area contributed by atoms with Crippen LogP contribution in [0.4, 0.5) is 4.39 Å². The van der Waals surface area contributed by atoms with E-state index in [2.05, 4.69) is 5.32 Å². The van der Waals surface area contributed by atoms with Crippen LogP contribution in [-0.2, 0) is 28.3 Å². The van der Waals surface area contributed by atoms with Crippen LogP contribution in [0.5, 0.6) is 0 Å². The summed E-state index contributed by atoms with van der Waals surface area (Å²) in [5.41, 5.74) is 3.46. The Bertz CT molecular complexity index is 1200. The Balaban J connectivity index is 1.57. The quantitative estimate of drug-likeness (QED) is 0.287. The molecule has 4 rings (SSSR count). The van der Waals surface area contributed by atoms with Gasteiger partial charge in [0.25, 0.3) is 0 Å². The van der Waals surface area contributed by atoms with Gasteiger partial charge in [-0.15, -0.1) is 11.8 Å². The number of aryl methyl sites for hydroxylation is 1. The predicted octanol–water partition coefficient (Wildman–Crippen LogP) is 6.72. The average molecular weight is 553 g/mol. The molecule has 0 radical (unpaired) electrons. The summed E-state index contributed by atoms with van der Waals surface area (Å²) in [5, 5.41) is 3.57. The van der Waals surface area contributed by atoms with E-state index in [9.17, 15) is 14.0 Å². The maximum Gasteiger partial charge on any atom is 0.243 e. The number of thioether (sulfide) groups is 1. The molecular weight excluding hydrogens is 519 g/mol. The van der Waals surface area contributed by atoms with Crippen molar-refractivity contribution in [3.63, 3.8) is 0 Å². The molecule has 0 spiro atoms. The van der Waals surface area contributed by atoms with Crippen molar-refractivity contribution in [2.75, 3.05) is 5.75 Å². The second-order valence-corrected chi connectivity index (χ2v) is 11.3. The van der Waals surface area contributed by atoms with E-state index >= 15 is 0 Å². The third kappa shape index (κ3) is 7.84. The molecule has 0 bridgehead atoms. The molecule has 200 valence electrons. The monoisotopic (exact) mass is 552 g/mol. The first kappa shape index (κ1) is 28.2. The molecule has 1 atom stereocenters. The highest BCUT2D eigenvalue weighted by Gasteiger charge is 2.32. The van der Waals surface area contributed by atoms with Crippen molar-refractivity contribution in [1.29, 1.82) is 0 Å². The van der Waals surface area contributed by atoms with Crippen LogP contribution in [0.25, 0.3) is 0 Å². The van der Waals surface area contributed by atoms with E-state index in [4.69, 9.17) is 11.6 Å². The van der Waals surface area contributed by atoms with Gasteiger partial charge in [0, 0.05) is 35.3 Å². The molecule has 38 heavy (non-hydrogen) atoms. The van der Waals surface area contributed by atoms with Crippen molar-refractivity contribution < 1.29 is 14.0 Å². The van der Waals surface area contributed by atoms with Gasteiger partial charge in [0.05, 0.1) is 5.75 Å². The highest BCUT2D eigenvalue weighted by Crippen LogP contribution is 2.25. The van der Waals surface area contributed by atoms with Gasteiger partial charge in [0.2, 0.25) is 11.8 Å². The lowest BCUT2D eigenvalue weighted by Crippen LogP contribution is -2.52. The summed E-state index contributed by atoms with van der Waals surface area (Å²) in [5.74, 6) is -0.285. The van der Waals surface area contributed by atoms with E-state index in [1.54, 1.807) is 17.0 Å². The maximum absolute atomic E-state index is 14.3. The highest BCUT2D eigenvalue weighted by atomic mass is 35.5. The van der Waals surface area contributed by atoms with Crippen LogP contribution < -0.4 is 5.32 Å². The van der Waals surface area contributed by atoms with Gasteiger partial charge in [-0.2, -0.15) is 0 Å². The SMILES string of the molecule is Cc1ccc(CN(C(=O)CSCc2c(F)cccc2Cl)C(Cc2ccccc2)C(=O)NC2CCCC2)cc1. The lowest BCUT2D eigenvalue weighted by Gasteiger charge is -2.32. The van der Waals surface area contributed by atoms with Crippen molar-refractivity contribution in [2.45, 2.75) is 63.4 Å². The normalized spacial score (nSPS) is 14.3. The Kier molecular flexibility index (Phi) is 10.2. The number of nitrogens with zero attached hydrogens (tertiary/aromatic N) is 1. The molecule has 3 aromatic carbocycles. The van der Waals surface area contributed by atoms with Crippen molar-refractivity contribution >= 4 is 35.2 Å². The fraction of sp³-hybridized carbons (Fsp3) is 0.355. The molecule has 0 saturated heterocycles. The number of hydrogen-bond acceptors (Lipinski definition) is 3. The first-order valence-electron chi connectivity index (χ1n) is 13.1. The van der Waals surface area contributed by atoms with Crippen LogP contribution in [0.2, 0.25) is 5.02 Å². The molecule has 3 aromatic rings. The number of hydrogen-bond donors (Lipinski definition) is 1. The number of benzene rings is 3. The number of nitrogens with one attached hydrogen (secondary N) is 1. The summed E-state index contributed by atoms with van der Waals surface area (Å²) in [6.45, 7) is 2.33. The molecule has 0 aromatic heterocycles. The van der Waals surface area contributed by atoms with Gasteiger partial charge in [0.1, 0.15) is 11.9 Å². The Hall–Kier alpha value is -2.83. The molecule has 1 aliphatic carbocycles. The summed E-state index contributed by atoms with van der Waals surface area (Å²) in [4.78, 5) is 29.1. The topological polar surface area (TPSA) is 49.4 Å². The molecule has 1 N–H and O–H groups in total. The minimum atomic E-state index is -0.663. The number of halogens is 2. The van der Waals surface area contributed by atoms with Crippen LogP contribution in [0.1, 0.15) is 47.9 Å². The number of carbonyl (C=O) groups excluding carboxylic acids is 2. The van der Waals surface area contributed by atoms with Crippen molar-refractivity contribution in [3.8, 4) is 0 Å². The summed E-state index contributed by atoms with van der Waals surface area (Å²) in [7, 11) is 0. The fourth-order valence-corrected chi connectivity index (χ4v) is 6.05. The lowest BCUT2D eigenvalue weighted by molar-refractivity contribution is -0.139. The Morgan fingerprint density at radius 3 is 2.39 bits per heavy atom. The minimum Gasteiger partial charge on any atom is -0.352 e. The van der Waals surface area contributed by atoms with Crippen LogP contribution >= 0.6 is 23.4 Å². The van der Waals surface area contributed by atoms with Crippen LogP contribution in [0.15, 0.2) is 72.8 Å². The van der Waals surface area contributed by atoms with Gasteiger partial charge < -0.3 is 10.2 Å². The number of rotatable bonds is 11. The second-order valence-electron chi connectivity index (χ2n) is 9.90. The van der Waals surface area contributed by atoms with Crippen LogP contribution in [-0.4, -0.2) is 34.6 Å². The van der Waals surface area contributed by atoms with Gasteiger partial charge in [-0.25, -0.2) is 4.39 Å². The first-order chi connectivity index (χ1) is 18.4. The van der Waals surface area contributed by atoms with E-state index in [0.717, 1.165) is 42.4 Å². The minimum absolute atomic E-state index is 0.110. The van der Waals surface area contributed by atoms with Gasteiger partial charge in [-0.3, -0.25) is 9.59 Å². The molecule has 1 saturated carbocycles. The zero-order valence-corrected chi connectivity index (χ0v) is 23.2. The van der Waals surface area contributed by atoms with E-state index in [-0.39, 0.29) is 35.2 Å². The Morgan fingerprint density at radius 2 is 1.71 bits per heavy atom. The third-order valence-electron chi connectivity index (χ3n) is 6.98. The Morgan fingerprint density at radius 1 is 1.00 bits per heavy atom. The predicted molar refractivity (Wildman–Crippen MR) is 154 cm³/mol. The molecule has 7 heteroatoms. The molecule has 1 unspecified atom stereocenters. The van der Waals surface area contributed by atoms with E-state index < -0.39 is 6.04 Å². The van der Waals surface area contributed by atoms with Gasteiger partial charge in [-0.1, -0.05) is 90.7 Å². The molecule has 2 amide bonds. The fourth-order valence-electron chi connectivity index (χ4n) is 4.81. The number of amides is 2. The Labute approximate surface area is 234 Å². The van der Waals surface area contributed by atoms with Crippen molar-refractivity contribution in [3.05, 3.63) is 106 Å². The van der Waals surface area contributed by atoms with Crippen LogP contribution in [0, 0.1) is 12.7 Å². The molecule has 1 fully saturated rings. The smallest absolute Gasteiger partial charge is 0.243 e. The summed E-state index contributed by atoms with van der Waals surface area (Å²) in [6, 6.07) is 21.9. The van der Waals surface area contributed by atoms with Crippen molar-refractivity contribution in [2.24, 2.45) is 0 Å². The zero-order chi connectivity index (χ0) is 26.9. The standard InChI is InChI=1S/C31H34ClFN2O2S/c1-22-14-16-24(17-15-22)19-35(30(36)21-38-20-26-27(32)12-7-13-28(26)33)29(18-23-8-3-2-4-9-23)31(37)34-25-10-5-6-11-25/h2-4,7-9,12-17,25,29H,5-6,10-11,18-21H2,1H3,(H,34,37). The maximum atomic E-state index is 14.3. The molecular formula is C31H34ClFN2O2S. The first-order valence-corrected chi connectivity index (χ1v) is 14.6. The summed E-state index contributed by atoms with van der Waals surface area (Å²) >= 11 is 7.49. The highest BCUT2D eigenvalue weighted by molar-refractivity contribution is 7.99. The molecule has 0 aliphatic heterocycles. The van der Waals surface area contributed by atoms with Gasteiger partial charge in [0.15, 0.2) is 0 Å². The number of carbonyl (C=O) groups is 2. The van der Waals surface area contributed by atoms with E-state index in [0.29, 0.717) is 23.6 Å². The second kappa shape index (κ2) is 13.8. The molecule has 0 heterocycles. The zero-order valence-electron chi connectivity index (χ0n) is 21.7. The average Bonchev–Trinajstić information content (AvgIpc) is 3.42. The molecule has 4 nitrogen and oxygen atoms in total. The van der Waals surface area contributed by atoms with Gasteiger partial charge >= 0.3 is 0 Å². The largest absolute Gasteiger partial charge is 0.352 e. The van der Waals surface area contributed by atoms with Crippen molar-refractivity contribution in [1.82, 2.24) is 10.2 Å². The van der Waals surface area contributed by atoms with Gasteiger partial charge in [-0.05, 0) is 43.0 Å². The van der Waals surface area contributed by atoms with E-state index in [1.165, 1.54) is 17.8 Å². The summed E-state index contributed by atoms with van der Waals surface area (Å²) < 4.78 is 14.3. The third-order valence-corrected chi connectivity index (χ3v) is 8.28. The lowest BCUT2D eigenvalue weighted by atomic mass is 10.0. The molecule has 1 aliphatic rings.